The highest BCUT2D eigenvalue weighted by atomic mass is 32.1. The van der Waals surface area contributed by atoms with Gasteiger partial charge in [0.25, 0.3) is 5.91 Å². The van der Waals surface area contributed by atoms with Gasteiger partial charge in [-0.25, -0.2) is 4.98 Å². The Balaban J connectivity index is 1.49. The minimum atomic E-state index is -0.336. The zero-order valence-electron chi connectivity index (χ0n) is 15.8. The monoisotopic (exact) mass is 398 g/mol. The first-order valence-corrected chi connectivity index (χ1v) is 10.1. The van der Waals surface area contributed by atoms with Gasteiger partial charge in [0.2, 0.25) is 5.56 Å². The van der Waals surface area contributed by atoms with E-state index in [-0.39, 0.29) is 23.7 Å². The SMILES string of the molecule is CC1CN(Cc2csc(NC(=O)c3cc(=O)[nH]c4ccccc34)n2)CC(C)O1. The van der Waals surface area contributed by atoms with Crippen molar-refractivity contribution in [2.75, 3.05) is 18.4 Å². The van der Waals surface area contributed by atoms with Gasteiger partial charge in [0.05, 0.1) is 23.5 Å². The summed E-state index contributed by atoms with van der Waals surface area (Å²) >= 11 is 1.39. The predicted molar refractivity (Wildman–Crippen MR) is 110 cm³/mol. The van der Waals surface area contributed by atoms with Crippen LogP contribution in [0.2, 0.25) is 0 Å². The first kappa shape index (κ1) is 18.8. The number of thiazole rings is 1. The quantitative estimate of drug-likeness (QED) is 0.706. The van der Waals surface area contributed by atoms with Crippen LogP contribution in [-0.4, -0.2) is 46.1 Å². The van der Waals surface area contributed by atoms with Gasteiger partial charge in [-0.2, -0.15) is 0 Å². The van der Waals surface area contributed by atoms with E-state index < -0.39 is 0 Å². The van der Waals surface area contributed by atoms with Gasteiger partial charge in [0.15, 0.2) is 5.13 Å². The number of pyridine rings is 1. The van der Waals surface area contributed by atoms with Crippen molar-refractivity contribution in [3.05, 3.63) is 57.3 Å². The number of nitrogens with one attached hydrogen (secondary N) is 2. The number of carbonyl (C=O) groups excluding carboxylic acids is 1. The lowest BCUT2D eigenvalue weighted by atomic mass is 10.1. The van der Waals surface area contributed by atoms with Gasteiger partial charge in [-0.15, -0.1) is 11.3 Å². The van der Waals surface area contributed by atoms with Gasteiger partial charge >= 0.3 is 0 Å². The number of para-hydroxylation sites is 1. The smallest absolute Gasteiger partial charge is 0.258 e. The lowest BCUT2D eigenvalue weighted by Crippen LogP contribution is -2.44. The van der Waals surface area contributed by atoms with Crippen LogP contribution in [0.15, 0.2) is 40.5 Å². The van der Waals surface area contributed by atoms with E-state index in [1.807, 2.05) is 23.6 Å². The van der Waals surface area contributed by atoms with E-state index in [4.69, 9.17) is 4.74 Å². The molecule has 4 rings (SSSR count). The summed E-state index contributed by atoms with van der Waals surface area (Å²) in [6, 6.07) is 8.57. The van der Waals surface area contributed by atoms with Crippen LogP contribution in [0, 0.1) is 0 Å². The molecule has 2 unspecified atom stereocenters. The van der Waals surface area contributed by atoms with Crippen molar-refractivity contribution >= 4 is 33.3 Å². The van der Waals surface area contributed by atoms with Crippen molar-refractivity contribution in [2.24, 2.45) is 0 Å². The van der Waals surface area contributed by atoms with Crippen molar-refractivity contribution in [3.8, 4) is 0 Å². The third-order valence-electron chi connectivity index (χ3n) is 4.65. The van der Waals surface area contributed by atoms with Gasteiger partial charge in [0, 0.05) is 42.0 Å². The minimum absolute atomic E-state index is 0.200. The Morgan fingerprint density at radius 3 is 2.86 bits per heavy atom. The molecule has 0 radical (unpaired) electrons. The minimum Gasteiger partial charge on any atom is -0.373 e. The largest absolute Gasteiger partial charge is 0.373 e. The molecule has 2 atom stereocenters. The predicted octanol–water partition coefficient (Wildman–Crippen LogP) is 2.85. The molecule has 2 N–H and O–H groups in total. The number of H-pyrrole nitrogens is 1. The molecule has 0 aliphatic carbocycles. The summed E-state index contributed by atoms with van der Waals surface area (Å²) in [6.45, 7) is 6.59. The molecule has 1 aliphatic heterocycles. The summed E-state index contributed by atoms with van der Waals surface area (Å²) in [4.78, 5) is 34.2. The lowest BCUT2D eigenvalue weighted by molar-refractivity contribution is -0.0707. The number of nitrogens with zero attached hydrogens (tertiary/aromatic N) is 2. The van der Waals surface area contributed by atoms with E-state index in [9.17, 15) is 9.59 Å². The van der Waals surface area contributed by atoms with Gasteiger partial charge in [-0.3, -0.25) is 19.8 Å². The number of anilines is 1. The molecule has 1 saturated heterocycles. The molecule has 3 heterocycles. The number of rotatable bonds is 4. The maximum absolute atomic E-state index is 12.7. The van der Waals surface area contributed by atoms with Crippen molar-refractivity contribution < 1.29 is 9.53 Å². The van der Waals surface area contributed by atoms with Crippen molar-refractivity contribution in [1.82, 2.24) is 14.9 Å². The Bertz CT molecular complexity index is 1050. The molecule has 0 spiro atoms. The maximum Gasteiger partial charge on any atom is 0.258 e. The second kappa shape index (κ2) is 7.83. The first-order valence-electron chi connectivity index (χ1n) is 9.23. The molecule has 28 heavy (non-hydrogen) atoms. The second-order valence-electron chi connectivity index (χ2n) is 7.14. The molecule has 146 valence electrons. The van der Waals surface area contributed by atoms with E-state index in [1.54, 1.807) is 6.07 Å². The molecule has 0 saturated carbocycles. The highest BCUT2D eigenvalue weighted by molar-refractivity contribution is 7.14. The molecule has 7 nitrogen and oxygen atoms in total. The third-order valence-corrected chi connectivity index (χ3v) is 5.45. The van der Waals surface area contributed by atoms with Crippen LogP contribution < -0.4 is 10.9 Å². The lowest BCUT2D eigenvalue weighted by Gasteiger charge is -2.34. The fraction of sp³-hybridized carbons (Fsp3) is 0.350. The van der Waals surface area contributed by atoms with Gasteiger partial charge in [0.1, 0.15) is 0 Å². The van der Waals surface area contributed by atoms with Crippen LogP contribution in [0.3, 0.4) is 0 Å². The van der Waals surface area contributed by atoms with E-state index >= 15 is 0 Å². The average Bonchev–Trinajstić information content (AvgIpc) is 3.06. The Kier molecular flexibility index (Phi) is 5.25. The van der Waals surface area contributed by atoms with Crippen molar-refractivity contribution in [2.45, 2.75) is 32.6 Å². The van der Waals surface area contributed by atoms with E-state index in [2.05, 4.69) is 34.0 Å². The topological polar surface area (TPSA) is 87.3 Å². The number of fused-ring (bicyclic) bond motifs is 1. The van der Waals surface area contributed by atoms with E-state index in [1.165, 1.54) is 17.4 Å². The van der Waals surface area contributed by atoms with Crippen LogP contribution in [0.1, 0.15) is 29.9 Å². The maximum atomic E-state index is 12.7. The first-order chi connectivity index (χ1) is 13.5. The molecule has 0 bridgehead atoms. The molecule has 1 aromatic carbocycles. The highest BCUT2D eigenvalue weighted by Gasteiger charge is 2.23. The number of amides is 1. The molecule has 1 aliphatic rings. The van der Waals surface area contributed by atoms with Crippen LogP contribution in [0.25, 0.3) is 10.9 Å². The zero-order valence-corrected chi connectivity index (χ0v) is 16.6. The fourth-order valence-corrected chi connectivity index (χ4v) is 4.33. The number of hydrogen-bond donors (Lipinski definition) is 2. The number of benzene rings is 1. The van der Waals surface area contributed by atoms with Crippen LogP contribution in [-0.2, 0) is 11.3 Å². The van der Waals surface area contributed by atoms with Crippen molar-refractivity contribution in [3.63, 3.8) is 0 Å². The molecular formula is C20H22N4O3S. The molecule has 1 amide bonds. The average molecular weight is 398 g/mol. The molecule has 8 heteroatoms. The molecular weight excluding hydrogens is 376 g/mol. The highest BCUT2D eigenvalue weighted by Crippen LogP contribution is 2.21. The second-order valence-corrected chi connectivity index (χ2v) is 8.00. The van der Waals surface area contributed by atoms with E-state index in [0.29, 0.717) is 21.6 Å². The van der Waals surface area contributed by atoms with Gasteiger partial charge in [-0.05, 0) is 19.9 Å². The summed E-state index contributed by atoms with van der Waals surface area (Å²) < 4.78 is 5.76. The normalized spacial score (nSPS) is 20.4. The van der Waals surface area contributed by atoms with Crippen LogP contribution in [0.4, 0.5) is 5.13 Å². The molecule has 3 aromatic rings. The fourth-order valence-electron chi connectivity index (χ4n) is 3.64. The van der Waals surface area contributed by atoms with Crippen LogP contribution in [0.5, 0.6) is 0 Å². The third kappa shape index (κ3) is 4.14. The van der Waals surface area contributed by atoms with Crippen LogP contribution >= 0.6 is 11.3 Å². The standard InChI is InChI=1S/C20H22N4O3S/c1-12-8-24(9-13(2)27-12)10-14-11-28-20(21-14)23-19(26)16-7-18(25)22-17-6-4-3-5-15(16)17/h3-7,11-13H,8-10H2,1-2H3,(H,22,25)(H,21,23,26). The van der Waals surface area contributed by atoms with E-state index in [0.717, 1.165) is 25.3 Å². The molecule has 2 aromatic heterocycles. The Labute approximate surface area is 166 Å². The summed E-state index contributed by atoms with van der Waals surface area (Å²) in [5.74, 6) is -0.336. The van der Waals surface area contributed by atoms with Crippen molar-refractivity contribution in [1.29, 1.82) is 0 Å². The number of aromatic nitrogens is 2. The number of aromatic amines is 1. The summed E-state index contributed by atoms with van der Waals surface area (Å²) in [7, 11) is 0. The number of ether oxygens (including phenoxy) is 1. The Morgan fingerprint density at radius 2 is 2.07 bits per heavy atom. The Morgan fingerprint density at radius 1 is 1.32 bits per heavy atom. The summed E-state index contributed by atoms with van der Waals surface area (Å²) in [5, 5.41) is 6.01. The summed E-state index contributed by atoms with van der Waals surface area (Å²) in [6.07, 6.45) is 0.400. The number of hydrogen-bond acceptors (Lipinski definition) is 6. The zero-order chi connectivity index (χ0) is 19.7. The van der Waals surface area contributed by atoms with Gasteiger partial charge in [-0.1, -0.05) is 18.2 Å². The Hall–Kier alpha value is -2.55. The summed E-state index contributed by atoms with van der Waals surface area (Å²) in [5.41, 5.74) is 1.58. The number of morpholine rings is 1. The number of carbonyl (C=O) groups is 1. The van der Waals surface area contributed by atoms with Gasteiger partial charge < -0.3 is 9.72 Å². The molecule has 1 fully saturated rings.